The molecule has 1 aromatic carbocycles. The number of ether oxygens (including phenoxy) is 1. The summed E-state index contributed by atoms with van der Waals surface area (Å²) in [6.45, 7) is 11.3. The zero-order valence-corrected chi connectivity index (χ0v) is 18.6. The van der Waals surface area contributed by atoms with Gasteiger partial charge in [0.05, 0.1) is 0 Å². The van der Waals surface area contributed by atoms with Crippen LogP contribution in [-0.2, 0) is 4.74 Å². The highest BCUT2D eigenvalue weighted by atomic mass is 32.1. The number of anilines is 1. The van der Waals surface area contributed by atoms with Crippen molar-refractivity contribution in [3.05, 3.63) is 29.6 Å². The van der Waals surface area contributed by atoms with Crippen molar-refractivity contribution in [2.75, 3.05) is 37.6 Å². The smallest absolute Gasteiger partial charge is 0.407 e. The van der Waals surface area contributed by atoms with E-state index in [0.29, 0.717) is 0 Å². The molecule has 0 radical (unpaired) electrons. The lowest BCUT2D eigenvalue weighted by Crippen LogP contribution is -2.49. The molecular weight excluding hydrogens is 382 g/mol. The highest BCUT2D eigenvalue weighted by molar-refractivity contribution is 7.17. The summed E-state index contributed by atoms with van der Waals surface area (Å²) in [5.74, 6) is 0.729. The quantitative estimate of drug-likeness (QED) is 0.768. The average molecular weight is 416 g/mol. The van der Waals surface area contributed by atoms with Crippen molar-refractivity contribution in [3.63, 3.8) is 0 Å². The Morgan fingerprint density at radius 3 is 2.66 bits per heavy atom. The number of fused-ring (bicyclic) bond motifs is 1. The van der Waals surface area contributed by atoms with Crippen molar-refractivity contribution in [1.82, 2.24) is 10.2 Å². The van der Waals surface area contributed by atoms with Gasteiger partial charge >= 0.3 is 6.09 Å². The van der Waals surface area contributed by atoms with Gasteiger partial charge in [0.25, 0.3) is 0 Å². The van der Waals surface area contributed by atoms with Crippen molar-refractivity contribution in [3.8, 4) is 0 Å². The zero-order valence-electron chi connectivity index (χ0n) is 17.8. The molecule has 0 unspecified atom stereocenters. The molecule has 29 heavy (non-hydrogen) atoms. The number of rotatable bonds is 5. The number of nitrogens with one attached hydrogen (secondary N) is 1. The minimum atomic E-state index is -0.426. The molecule has 1 aliphatic heterocycles. The van der Waals surface area contributed by atoms with Gasteiger partial charge in [0, 0.05) is 48.0 Å². The fourth-order valence-electron chi connectivity index (χ4n) is 4.39. The second kappa shape index (κ2) is 8.52. The van der Waals surface area contributed by atoms with Gasteiger partial charge in [-0.3, -0.25) is 4.90 Å². The lowest BCUT2D eigenvalue weighted by molar-refractivity contribution is 0.0445. The molecule has 0 bridgehead atoms. The molecule has 2 fully saturated rings. The molecule has 1 saturated carbocycles. The van der Waals surface area contributed by atoms with Gasteiger partial charge in [-0.25, -0.2) is 4.79 Å². The summed E-state index contributed by atoms with van der Waals surface area (Å²) in [5.41, 5.74) is 0.961. The van der Waals surface area contributed by atoms with Crippen LogP contribution >= 0.6 is 11.3 Å². The van der Waals surface area contributed by atoms with Crippen LogP contribution in [0.15, 0.2) is 29.6 Å². The van der Waals surface area contributed by atoms with E-state index < -0.39 is 5.60 Å². The van der Waals surface area contributed by atoms with E-state index >= 15 is 0 Å². The maximum Gasteiger partial charge on any atom is 0.407 e. The van der Waals surface area contributed by atoms with Crippen LogP contribution in [0.25, 0.3) is 10.1 Å². The number of nitrogens with zero attached hydrogens (tertiary/aromatic N) is 2. The number of carbonyl (C=O) groups excluding carboxylic acids is 1. The Morgan fingerprint density at radius 1 is 1.17 bits per heavy atom. The Labute approximate surface area is 178 Å². The van der Waals surface area contributed by atoms with Crippen LogP contribution in [0.3, 0.4) is 0 Å². The number of amides is 1. The fraction of sp³-hybridized carbons (Fsp3) is 0.609. The molecule has 158 valence electrons. The molecule has 2 aromatic rings. The first kappa shape index (κ1) is 20.5. The van der Waals surface area contributed by atoms with Crippen LogP contribution in [0.5, 0.6) is 0 Å². The number of carbonyl (C=O) groups is 1. The van der Waals surface area contributed by atoms with Crippen molar-refractivity contribution in [2.24, 2.45) is 5.92 Å². The molecule has 1 aromatic heterocycles. The van der Waals surface area contributed by atoms with E-state index in [-0.39, 0.29) is 12.1 Å². The Balaban J connectivity index is 1.15. The van der Waals surface area contributed by atoms with Gasteiger partial charge in [0.1, 0.15) is 5.60 Å². The number of hydrogen-bond acceptors (Lipinski definition) is 5. The van der Waals surface area contributed by atoms with Gasteiger partial charge < -0.3 is 15.0 Å². The first-order valence-corrected chi connectivity index (χ1v) is 11.7. The van der Waals surface area contributed by atoms with E-state index in [4.69, 9.17) is 4.74 Å². The van der Waals surface area contributed by atoms with E-state index in [0.717, 1.165) is 44.9 Å². The molecular formula is C23H33N3O2S. The van der Waals surface area contributed by atoms with Gasteiger partial charge in [0.15, 0.2) is 0 Å². The third-order valence-electron chi connectivity index (χ3n) is 6.00. The molecule has 0 atom stereocenters. The molecule has 1 amide bonds. The predicted molar refractivity (Wildman–Crippen MR) is 121 cm³/mol. The zero-order chi connectivity index (χ0) is 20.4. The summed E-state index contributed by atoms with van der Waals surface area (Å²) < 4.78 is 6.72. The largest absolute Gasteiger partial charge is 0.444 e. The molecule has 1 saturated heterocycles. The summed E-state index contributed by atoms with van der Waals surface area (Å²) >= 11 is 1.82. The third kappa shape index (κ3) is 5.23. The van der Waals surface area contributed by atoms with E-state index in [2.05, 4.69) is 44.8 Å². The second-order valence-corrected chi connectivity index (χ2v) is 10.4. The van der Waals surface area contributed by atoms with E-state index in [1.165, 1.54) is 28.7 Å². The Hall–Kier alpha value is -1.79. The molecule has 1 N–H and O–H groups in total. The van der Waals surface area contributed by atoms with E-state index in [1.807, 2.05) is 32.1 Å². The number of alkyl carbamates (subject to hydrolysis) is 1. The fourth-order valence-corrected chi connectivity index (χ4v) is 5.20. The molecule has 5 nitrogen and oxygen atoms in total. The van der Waals surface area contributed by atoms with Crippen LogP contribution in [0.1, 0.15) is 40.0 Å². The van der Waals surface area contributed by atoms with Crippen molar-refractivity contribution >= 4 is 33.2 Å². The molecule has 0 spiro atoms. The number of piperazine rings is 1. The topological polar surface area (TPSA) is 44.8 Å². The number of hydrogen-bond donors (Lipinski definition) is 1. The van der Waals surface area contributed by atoms with Gasteiger partial charge in [-0.1, -0.05) is 6.07 Å². The van der Waals surface area contributed by atoms with E-state index in [1.54, 1.807) is 0 Å². The van der Waals surface area contributed by atoms with Gasteiger partial charge in [-0.15, -0.1) is 11.3 Å². The third-order valence-corrected chi connectivity index (χ3v) is 6.88. The SMILES string of the molecule is CC(C)(C)OC(=O)N[C@H]1C[C@@H](CCN2CCN(c3cccc4sccc34)CC2)C1. The van der Waals surface area contributed by atoms with Crippen molar-refractivity contribution in [2.45, 2.75) is 51.7 Å². The van der Waals surface area contributed by atoms with Crippen LogP contribution in [-0.4, -0.2) is 55.4 Å². The first-order valence-electron chi connectivity index (χ1n) is 10.8. The van der Waals surface area contributed by atoms with Crippen LogP contribution in [0.4, 0.5) is 10.5 Å². The summed E-state index contributed by atoms with van der Waals surface area (Å²) in [4.78, 5) is 17.0. The number of thiophene rings is 1. The predicted octanol–water partition coefficient (Wildman–Crippen LogP) is 4.72. The highest BCUT2D eigenvalue weighted by Gasteiger charge is 2.32. The highest BCUT2D eigenvalue weighted by Crippen LogP contribution is 2.32. The van der Waals surface area contributed by atoms with Gasteiger partial charge in [0.2, 0.25) is 0 Å². The number of benzene rings is 1. The monoisotopic (exact) mass is 415 g/mol. The lowest BCUT2D eigenvalue weighted by atomic mass is 9.78. The van der Waals surface area contributed by atoms with Gasteiger partial charge in [-0.05, 0) is 76.1 Å². The molecule has 4 rings (SSSR count). The average Bonchev–Trinajstić information content (AvgIpc) is 3.11. The molecule has 1 aliphatic carbocycles. The maximum atomic E-state index is 11.8. The summed E-state index contributed by atoms with van der Waals surface area (Å²) in [6.07, 6.45) is 3.11. The first-order chi connectivity index (χ1) is 13.9. The van der Waals surface area contributed by atoms with Crippen LogP contribution in [0.2, 0.25) is 0 Å². The Kier molecular flexibility index (Phi) is 6.02. The maximum absolute atomic E-state index is 11.8. The molecule has 2 heterocycles. The minimum absolute atomic E-state index is 0.280. The second-order valence-electron chi connectivity index (χ2n) is 9.41. The van der Waals surface area contributed by atoms with Crippen LogP contribution < -0.4 is 10.2 Å². The normalized spacial score (nSPS) is 23.1. The van der Waals surface area contributed by atoms with Gasteiger partial charge in [-0.2, -0.15) is 0 Å². The minimum Gasteiger partial charge on any atom is -0.444 e. The van der Waals surface area contributed by atoms with E-state index in [9.17, 15) is 4.79 Å². The Morgan fingerprint density at radius 2 is 1.93 bits per heavy atom. The Bertz CT molecular complexity index is 830. The molecule has 6 heteroatoms. The standard InChI is InChI=1S/C23H33N3O2S/c1-23(2,3)28-22(27)24-18-15-17(16-18)7-9-25-10-12-26(13-11-25)20-5-4-6-21-19(20)8-14-29-21/h4-6,8,14,17-18H,7,9-13,15-16H2,1-3H3,(H,24,27)/t17-,18+. The summed E-state index contributed by atoms with van der Waals surface area (Å²) in [5, 5.41) is 6.58. The summed E-state index contributed by atoms with van der Waals surface area (Å²) in [7, 11) is 0. The van der Waals surface area contributed by atoms with Crippen LogP contribution in [0, 0.1) is 5.92 Å². The summed E-state index contributed by atoms with van der Waals surface area (Å²) in [6, 6.07) is 9.19. The van der Waals surface area contributed by atoms with Crippen molar-refractivity contribution in [1.29, 1.82) is 0 Å². The molecule has 2 aliphatic rings. The lowest BCUT2D eigenvalue weighted by Gasteiger charge is -2.40. The van der Waals surface area contributed by atoms with Crippen molar-refractivity contribution < 1.29 is 9.53 Å².